The second-order valence-corrected chi connectivity index (χ2v) is 7.79. The number of nitro benzene ring substituents is 1. The van der Waals surface area contributed by atoms with Crippen molar-refractivity contribution in [3.63, 3.8) is 0 Å². The first-order valence-corrected chi connectivity index (χ1v) is 9.44. The normalized spacial score (nSPS) is 13.9. The molecule has 0 aliphatic heterocycles. The predicted molar refractivity (Wildman–Crippen MR) is 95.6 cm³/mol. The molecule has 0 heterocycles. The number of rotatable bonds is 6. The largest absolute Gasteiger partial charge is 0.349 e. The molecule has 8 nitrogen and oxygen atoms in total. The standard InChI is InChI=1S/C17H17N3O5S/c1-11-6-9-13(10-16(11)20(22)23)26(24,25)19-15-5-3-2-4-14(15)17(21)18-12-7-8-12/h2-6,9-10,12,19H,7-8H2,1H3,(H,18,21). The minimum absolute atomic E-state index is 0.119. The second-order valence-electron chi connectivity index (χ2n) is 6.10. The van der Waals surface area contributed by atoms with E-state index in [1.807, 2.05) is 0 Å². The monoisotopic (exact) mass is 375 g/mol. The molecular weight excluding hydrogens is 358 g/mol. The van der Waals surface area contributed by atoms with E-state index in [1.54, 1.807) is 12.1 Å². The predicted octanol–water partition coefficient (Wildman–Crippen LogP) is 2.60. The van der Waals surface area contributed by atoms with Crippen molar-refractivity contribution in [3.8, 4) is 0 Å². The number of anilines is 1. The Hall–Kier alpha value is -2.94. The Kier molecular flexibility index (Phi) is 4.64. The number of carbonyl (C=O) groups excluding carboxylic acids is 1. The van der Waals surface area contributed by atoms with E-state index >= 15 is 0 Å². The van der Waals surface area contributed by atoms with Gasteiger partial charge in [0.15, 0.2) is 0 Å². The lowest BCUT2D eigenvalue weighted by Crippen LogP contribution is -2.27. The molecule has 3 rings (SSSR count). The summed E-state index contributed by atoms with van der Waals surface area (Å²) in [6.07, 6.45) is 1.82. The number of nitrogens with one attached hydrogen (secondary N) is 2. The summed E-state index contributed by atoms with van der Waals surface area (Å²) >= 11 is 0. The maximum absolute atomic E-state index is 12.6. The summed E-state index contributed by atoms with van der Waals surface area (Å²) in [6, 6.07) is 10.0. The molecule has 2 aromatic rings. The number of para-hydroxylation sites is 1. The molecule has 1 amide bonds. The van der Waals surface area contributed by atoms with E-state index in [0.29, 0.717) is 5.56 Å². The fourth-order valence-electron chi connectivity index (χ4n) is 2.42. The summed E-state index contributed by atoms with van der Waals surface area (Å²) in [5.74, 6) is -0.360. The first-order chi connectivity index (χ1) is 12.3. The van der Waals surface area contributed by atoms with E-state index in [1.165, 1.54) is 31.2 Å². The van der Waals surface area contributed by atoms with Gasteiger partial charge in [0.05, 0.1) is 21.1 Å². The second kappa shape index (κ2) is 6.75. The Morgan fingerprint density at radius 1 is 1.19 bits per heavy atom. The van der Waals surface area contributed by atoms with Crippen LogP contribution in [0.1, 0.15) is 28.8 Å². The molecule has 0 atom stereocenters. The van der Waals surface area contributed by atoms with Crippen LogP contribution in [-0.2, 0) is 10.0 Å². The van der Waals surface area contributed by atoms with Gasteiger partial charge in [-0.1, -0.05) is 18.2 Å². The molecule has 2 aromatic carbocycles. The van der Waals surface area contributed by atoms with Crippen LogP contribution in [0.4, 0.5) is 11.4 Å². The van der Waals surface area contributed by atoms with Crippen molar-refractivity contribution in [1.82, 2.24) is 5.32 Å². The Balaban J connectivity index is 1.92. The summed E-state index contributed by atoms with van der Waals surface area (Å²) < 4.78 is 27.6. The van der Waals surface area contributed by atoms with Crippen molar-refractivity contribution in [2.75, 3.05) is 4.72 Å². The molecule has 136 valence electrons. The molecule has 1 fully saturated rings. The zero-order chi connectivity index (χ0) is 18.9. The van der Waals surface area contributed by atoms with Gasteiger partial charge in [-0.2, -0.15) is 0 Å². The summed E-state index contributed by atoms with van der Waals surface area (Å²) in [5.41, 5.74) is 0.393. The minimum atomic E-state index is -4.09. The highest BCUT2D eigenvalue weighted by molar-refractivity contribution is 7.92. The third kappa shape index (κ3) is 3.83. The van der Waals surface area contributed by atoms with Crippen molar-refractivity contribution < 1.29 is 18.1 Å². The highest BCUT2D eigenvalue weighted by atomic mass is 32.2. The van der Waals surface area contributed by atoms with Crippen LogP contribution < -0.4 is 10.0 Å². The van der Waals surface area contributed by atoms with Crippen molar-refractivity contribution in [1.29, 1.82) is 0 Å². The van der Waals surface area contributed by atoms with Gasteiger partial charge in [0.2, 0.25) is 0 Å². The Bertz CT molecular complexity index is 984. The van der Waals surface area contributed by atoms with Gasteiger partial charge in [-0.15, -0.1) is 0 Å². The molecule has 0 spiro atoms. The molecule has 2 N–H and O–H groups in total. The topological polar surface area (TPSA) is 118 Å². The Labute approximate surface area is 150 Å². The average molecular weight is 375 g/mol. The maximum Gasteiger partial charge on any atom is 0.273 e. The number of nitrogens with zero attached hydrogens (tertiary/aromatic N) is 1. The Morgan fingerprint density at radius 3 is 2.54 bits per heavy atom. The molecule has 1 saturated carbocycles. The molecular formula is C17H17N3O5S. The first kappa shape index (κ1) is 17.9. The number of benzene rings is 2. The van der Waals surface area contributed by atoms with Crippen molar-refractivity contribution in [3.05, 3.63) is 63.7 Å². The van der Waals surface area contributed by atoms with Gasteiger partial charge >= 0.3 is 0 Å². The first-order valence-electron chi connectivity index (χ1n) is 7.96. The van der Waals surface area contributed by atoms with Crippen molar-refractivity contribution in [2.45, 2.75) is 30.7 Å². The molecule has 26 heavy (non-hydrogen) atoms. The van der Waals surface area contributed by atoms with Crippen LogP contribution >= 0.6 is 0 Å². The van der Waals surface area contributed by atoms with Crippen LogP contribution in [0.25, 0.3) is 0 Å². The van der Waals surface area contributed by atoms with Gasteiger partial charge in [0.25, 0.3) is 21.6 Å². The Morgan fingerprint density at radius 2 is 1.88 bits per heavy atom. The summed E-state index contributed by atoms with van der Waals surface area (Å²) in [6.45, 7) is 1.53. The van der Waals surface area contributed by atoms with Gasteiger partial charge < -0.3 is 5.32 Å². The molecule has 1 aliphatic rings. The van der Waals surface area contributed by atoms with Crippen LogP contribution in [0.3, 0.4) is 0 Å². The van der Waals surface area contributed by atoms with Crippen LogP contribution in [-0.4, -0.2) is 25.3 Å². The van der Waals surface area contributed by atoms with E-state index in [-0.39, 0.29) is 33.8 Å². The van der Waals surface area contributed by atoms with Crippen molar-refractivity contribution in [2.24, 2.45) is 0 Å². The molecule has 0 unspecified atom stereocenters. The molecule has 0 aromatic heterocycles. The van der Waals surface area contributed by atoms with E-state index in [2.05, 4.69) is 10.0 Å². The van der Waals surface area contributed by atoms with Crippen molar-refractivity contribution >= 4 is 27.3 Å². The van der Waals surface area contributed by atoms with E-state index in [4.69, 9.17) is 0 Å². The molecule has 9 heteroatoms. The summed E-state index contributed by atoms with van der Waals surface area (Å²) in [4.78, 5) is 22.5. The van der Waals surface area contributed by atoms with Gasteiger partial charge in [0, 0.05) is 17.7 Å². The zero-order valence-corrected chi connectivity index (χ0v) is 14.7. The van der Waals surface area contributed by atoms with E-state index in [9.17, 15) is 23.3 Å². The summed E-state index contributed by atoms with van der Waals surface area (Å²) in [7, 11) is -4.09. The number of hydrogen-bond donors (Lipinski definition) is 2. The zero-order valence-electron chi connectivity index (χ0n) is 13.9. The van der Waals surface area contributed by atoms with Gasteiger partial charge in [-0.25, -0.2) is 8.42 Å². The quantitative estimate of drug-likeness (QED) is 0.594. The summed E-state index contributed by atoms with van der Waals surface area (Å²) in [5, 5.41) is 13.9. The number of amides is 1. The lowest BCUT2D eigenvalue weighted by atomic mass is 10.1. The molecule has 0 radical (unpaired) electrons. The lowest BCUT2D eigenvalue weighted by molar-refractivity contribution is -0.385. The highest BCUT2D eigenvalue weighted by Crippen LogP contribution is 2.26. The van der Waals surface area contributed by atoms with Crippen LogP contribution in [0.15, 0.2) is 47.4 Å². The molecule has 0 saturated heterocycles. The van der Waals surface area contributed by atoms with Gasteiger partial charge in [-0.3, -0.25) is 19.6 Å². The SMILES string of the molecule is Cc1ccc(S(=O)(=O)Nc2ccccc2C(=O)NC2CC2)cc1[N+](=O)[O-]. The molecule has 0 bridgehead atoms. The lowest BCUT2D eigenvalue weighted by Gasteiger charge is -2.13. The van der Waals surface area contributed by atoms with Crippen LogP contribution in [0.5, 0.6) is 0 Å². The van der Waals surface area contributed by atoms with E-state index in [0.717, 1.165) is 18.9 Å². The third-order valence-corrected chi connectivity index (χ3v) is 5.38. The van der Waals surface area contributed by atoms with E-state index < -0.39 is 14.9 Å². The number of nitro groups is 1. The van der Waals surface area contributed by atoms with Crippen LogP contribution in [0.2, 0.25) is 0 Å². The molecule has 1 aliphatic carbocycles. The third-order valence-electron chi connectivity index (χ3n) is 4.02. The average Bonchev–Trinajstić information content (AvgIpc) is 3.38. The smallest absolute Gasteiger partial charge is 0.273 e. The number of sulfonamides is 1. The number of carbonyl (C=O) groups is 1. The van der Waals surface area contributed by atoms with Gasteiger partial charge in [0.1, 0.15) is 0 Å². The number of hydrogen-bond acceptors (Lipinski definition) is 5. The fraction of sp³-hybridized carbons (Fsp3) is 0.235. The minimum Gasteiger partial charge on any atom is -0.349 e. The van der Waals surface area contributed by atoms with Crippen LogP contribution in [0, 0.1) is 17.0 Å². The van der Waals surface area contributed by atoms with Gasteiger partial charge in [-0.05, 0) is 38.0 Å². The maximum atomic E-state index is 12.6. The highest BCUT2D eigenvalue weighted by Gasteiger charge is 2.26. The number of aryl methyl sites for hydroxylation is 1. The fourth-order valence-corrected chi connectivity index (χ4v) is 3.52.